The number of nitrogens with two attached hydrogens (primary N) is 1. The maximum Gasteiger partial charge on any atom is 0.312 e. The summed E-state index contributed by atoms with van der Waals surface area (Å²) in [6, 6.07) is -0.829. The number of nitrogens with zero attached hydrogens (tertiary/aromatic N) is 2. The highest BCUT2D eigenvalue weighted by atomic mass is 16.2. The number of H-pyrrole nitrogens is 1. The van der Waals surface area contributed by atoms with E-state index in [9.17, 15) is 4.79 Å². The van der Waals surface area contributed by atoms with Crippen LogP contribution in [0.4, 0.5) is 4.79 Å². The summed E-state index contributed by atoms with van der Waals surface area (Å²) in [5, 5.41) is 9.18. The molecule has 0 saturated carbocycles. The van der Waals surface area contributed by atoms with E-state index in [4.69, 9.17) is 5.73 Å². The van der Waals surface area contributed by atoms with E-state index in [0.29, 0.717) is 5.82 Å². The fourth-order valence-electron chi connectivity index (χ4n) is 0.940. The number of carbonyl (C=O) groups excluding carboxylic acids is 1. The zero-order valence-electron chi connectivity index (χ0n) is 7.66. The van der Waals surface area contributed by atoms with Gasteiger partial charge in [0, 0.05) is 6.42 Å². The molecular weight excluding hydrogens is 170 g/mol. The fourth-order valence-corrected chi connectivity index (χ4v) is 0.940. The number of aromatic nitrogens is 3. The summed E-state index contributed by atoms with van der Waals surface area (Å²) in [5.74, 6) is 1.35. The van der Waals surface area contributed by atoms with Gasteiger partial charge in [0.2, 0.25) is 0 Å². The summed E-state index contributed by atoms with van der Waals surface area (Å²) in [6.45, 7) is 3.74. The van der Waals surface area contributed by atoms with Crippen molar-refractivity contribution >= 4 is 6.03 Å². The van der Waals surface area contributed by atoms with E-state index in [2.05, 4.69) is 20.5 Å². The van der Waals surface area contributed by atoms with Crippen LogP contribution in [0.25, 0.3) is 0 Å². The molecule has 6 heteroatoms. The molecule has 1 unspecified atom stereocenters. The van der Waals surface area contributed by atoms with E-state index >= 15 is 0 Å². The van der Waals surface area contributed by atoms with Crippen molar-refractivity contribution in [1.82, 2.24) is 20.5 Å². The van der Waals surface area contributed by atoms with E-state index in [1.807, 2.05) is 6.92 Å². The second kappa shape index (κ2) is 3.88. The molecule has 0 bridgehead atoms. The molecule has 1 atom stereocenters. The van der Waals surface area contributed by atoms with Crippen LogP contribution >= 0.6 is 0 Å². The van der Waals surface area contributed by atoms with Crippen molar-refractivity contribution in [3.05, 3.63) is 11.6 Å². The van der Waals surface area contributed by atoms with Gasteiger partial charge in [-0.15, -0.1) is 0 Å². The molecule has 2 amide bonds. The van der Waals surface area contributed by atoms with Crippen LogP contribution in [0, 0.1) is 0 Å². The first kappa shape index (κ1) is 9.50. The first-order valence-corrected chi connectivity index (χ1v) is 4.10. The third-order valence-corrected chi connectivity index (χ3v) is 1.63. The molecular formula is C7H13N5O. The van der Waals surface area contributed by atoms with Crippen LogP contribution in [-0.4, -0.2) is 21.2 Å². The summed E-state index contributed by atoms with van der Waals surface area (Å²) in [4.78, 5) is 14.6. The van der Waals surface area contributed by atoms with Crippen molar-refractivity contribution in [2.45, 2.75) is 26.3 Å². The smallest absolute Gasteiger partial charge is 0.312 e. The Morgan fingerprint density at radius 2 is 2.46 bits per heavy atom. The summed E-state index contributed by atoms with van der Waals surface area (Å²) < 4.78 is 0. The number of aryl methyl sites for hydroxylation is 1. The third-order valence-electron chi connectivity index (χ3n) is 1.63. The minimum atomic E-state index is -0.574. The molecule has 13 heavy (non-hydrogen) atoms. The van der Waals surface area contributed by atoms with E-state index in [1.165, 1.54) is 0 Å². The topological polar surface area (TPSA) is 96.7 Å². The molecule has 0 aliphatic rings. The first-order chi connectivity index (χ1) is 6.13. The molecule has 4 N–H and O–H groups in total. The Balaban J connectivity index is 2.65. The van der Waals surface area contributed by atoms with Crippen LogP contribution < -0.4 is 11.1 Å². The highest BCUT2D eigenvalue weighted by Gasteiger charge is 2.11. The molecule has 0 fully saturated rings. The highest BCUT2D eigenvalue weighted by molar-refractivity contribution is 5.71. The van der Waals surface area contributed by atoms with Gasteiger partial charge < -0.3 is 11.1 Å². The first-order valence-electron chi connectivity index (χ1n) is 4.10. The van der Waals surface area contributed by atoms with Crippen LogP contribution in [0.3, 0.4) is 0 Å². The maximum absolute atomic E-state index is 10.5. The predicted molar refractivity (Wildman–Crippen MR) is 46.9 cm³/mol. The number of primary amides is 1. The lowest BCUT2D eigenvalue weighted by Crippen LogP contribution is -2.32. The molecule has 0 aliphatic heterocycles. The van der Waals surface area contributed by atoms with Gasteiger partial charge in [-0.2, -0.15) is 5.10 Å². The van der Waals surface area contributed by atoms with Crippen LogP contribution in [0.1, 0.15) is 31.5 Å². The average molecular weight is 183 g/mol. The summed E-state index contributed by atoms with van der Waals surface area (Å²) in [5.41, 5.74) is 4.95. The highest BCUT2D eigenvalue weighted by Crippen LogP contribution is 2.05. The standard InChI is InChI=1S/C7H13N5O/c1-3-5-10-6(12-11-5)4(2)9-7(8)13/h4H,3H2,1-2H3,(H3,8,9,13)(H,10,11,12). The van der Waals surface area contributed by atoms with Crippen molar-refractivity contribution in [2.24, 2.45) is 5.73 Å². The number of carbonyl (C=O) groups is 1. The Morgan fingerprint density at radius 3 is 2.92 bits per heavy atom. The maximum atomic E-state index is 10.5. The van der Waals surface area contributed by atoms with Crippen LogP contribution in [0.5, 0.6) is 0 Å². The summed E-state index contributed by atoms with van der Waals surface area (Å²) in [7, 11) is 0. The van der Waals surface area contributed by atoms with Gasteiger partial charge in [0.1, 0.15) is 5.82 Å². The molecule has 1 heterocycles. The van der Waals surface area contributed by atoms with Gasteiger partial charge in [0.05, 0.1) is 6.04 Å². The quantitative estimate of drug-likeness (QED) is 0.619. The molecule has 0 aliphatic carbocycles. The Morgan fingerprint density at radius 1 is 1.77 bits per heavy atom. The molecule has 0 saturated heterocycles. The van der Waals surface area contributed by atoms with Crippen molar-refractivity contribution in [1.29, 1.82) is 0 Å². The Labute approximate surface area is 75.9 Å². The zero-order valence-corrected chi connectivity index (χ0v) is 7.66. The van der Waals surface area contributed by atoms with Crippen molar-refractivity contribution in [2.75, 3.05) is 0 Å². The minimum absolute atomic E-state index is 0.256. The monoisotopic (exact) mass is 183 g/mol. The van der Waals surface area contributed by atoms with E-state index in [1.54, 1.807) is 6.92 Å². The molecule has 1 rings (SSSR count). The number of nitrogens with one attached hydrogen (secondary N) is 2. The fraction of sp³-hybridized carbons (Fsp3) is 0.571. The Hall–Kier alpha value is -1.59. The number of hydrogen-bond acceptors (Lipinski definition) is 3. The lowest BCUT2D eigenvalue weighted by Gasteiger charge is -2.06. The van der Waals surface area contributed by atoms with E-state index < -0.39 is 6.03 Å². The average Bonchev–Trinajstić information content (AvgIpc) is 2.50. The lowest BCUT2D eigenvalue weighted by molar-refractivity contribution is 0.245. The van der Waals surface area contributed by atoms with Crippen molar-refractivity contribution in [3.8, 4) is 0 Å². The van der Waals surface area contributed by atoms with Gasteiger partial charge in [-0.3, -0.25) is 5.10 Å². The third kappa shape index (κ3) is 2.43. The van der Waals surface area contributed by atoms with Crippen molar-refractivity contribution in [3.63, 3.8) is 0 Å². The summed E-state index contributed by atoms with van der Waals surface area (Å²) >= 11 is 0. The Kier molecular flexibility index (Phi) is 2.84. The van der Waals surface area contributed by atoms with Crippen LogP contribution in [0.2, 0.25) is 0 Å². The van der Waals surface area contributed by atoms with Crippen LogP contribution in [-0.2, 0) is 6.42 Å². The van der Waals surface area contributed by atoms with E-state index in [-0.39, 0.29) is 6.04 Å². The number of hydrogen-bond donors (Lipinski definition) is 3. The number of aromatic amines is 1. The van der Waals surface area contributed by atoms with Gasteiger partial charge in [-0.1, -0.05) is 6.92 Å². The van der Waals surface area contributed by atoms with E-state index in [0.717, 1.165) is 12.2 Å². The number of urea groups is 1. The molecule has 0 aromatic carbocycles. The number of rotatable bonds is 3. The summed E-state index contributed by atoms with van der Waals surface area (Å²) in [6.07, 6.45) is 0.788. The molecule has 6 nitrogen and oxygen atoms in total. The normalized spacial score (nSPS) is 12.5. The largest absolute Gasteiger partial charge is 0.352 e. The minimum Gasteiger partial charge on any atom is -0.352 e. The molecule has 1 aromatic heterocycles. The van der Waals surface area contributed by atoms with Gasteiger partial charge in [-0.05, 0) is 6.92 Å². The second-order valence-corrected chi connectivity index (χ2v) is 2.72. The van der Waals surface area contributed by atoms with Crippen LogP contribution in [0.15, 0.2) is 0 Å². The van der Waals surface area contributed by atoms with Gasteiger partial charge in [0.25, 0.3) is 0 Å². The lowest BCUT2D eigenvalue weighted by atomic mass is 10.3. The molecule has 72 valence electrons. The zero-order chi connectivity index (χ0) is 9.84. The molecule has 0 radical (unpaired) electrons. The Bertz CT molecular complexity index is 295. The SMILES string of the molecule is CCc1nc(C(C)NC(N)=O)n[nH]1. The van der Waals surface area contributed by atoms with Gasteiger partial charge in [-0.25, -0.2) is 9.78 Å². The molecule has 0 spiro atoms. The van der Waals surface area contributed by atoms with Crippen molar-refractivity contribution < 1.29 is 4.79 Å². The molecule has 1 aromatic rings. The predicted octanol–water partition coefficient (Wildman–Crippen LogP) is 0.0964. The number of amides is 2. The second-order valence-electron chi connectivity index (χ2n) is 2.72. The van der Waals surface area contributed by atoms with Gasteiger partial charge in [0.15, 0.2) is 5.82 Å². The van der Waals surface area contributed by atoms with Gasteiger partial charge >= 0.3 is 6.03 Å².